The molecule has 0 saturated heterocycles. The molecule has 0 radical (unpaired) electrons. The lowest BCUT2D eigenvalue weighted by atomic mass is 9.33. The summed E-state index contributed by atoms with van der Waals surface area (Å²) in [5.74, 6) is 0. The molecule has 18 aromatic rings. The Morgan fingerprint density at radius 2 is 0.653 bits per heavy atom. The fraction of sp³-hybridized carbons (Fsp3) is 0.135. The average Bonchev–Trinajstić information content (AvgIpc) is 0.914. The maximum absolute atomic E-state index is 3.32. The lowest BCUT2D eigenvalue weighted by Gasteiger charge is -2.45. The van der Waals surface area contributed by atoms with Crippen molar-refractivity contribution in [2.45, 2.75) is 97.8 Å². The van der Waals surface area contributed by atoms with Gasteiger partial charge >= 0.3 is 0 Å². The van der Waals surface area contributed by atoms with Gasteiger partial charge in [0.15, 0.2) is 16.1 Å². The van der Waals surface area contributed by atoms with E-state index < -0.39 is 21.6 Å². The number of rotatable bonds is 9. The molecule has 0 amide bonds. The van der Waals surface area contributed by atoms with Gasteiger partial charge in [-0.05, 0) is 216 Å². The van der Waals surface area contributed by atoms with E-state index in [-0.39, 0.29) is 23.0 Å². The van der Waals surface area contributed by atoms with Gasteiger partial charge in [-0.1, -0.05) is 349 Å². The third kappa shape index (κ3) is 11.3. The predicted molar refractivity (Wildman–Crippen MR) is 510 cm³/mol. The van der Waals surface area contributed by atoms with E-state index in [1.54, 1.807) is 0 Å². The molecule has 4 nitrogen and oxygen atoms in total. The number of hydrogen-bond acceptors (Lipinski definition) is 2. The van der Waals surface area contributed by atoms with Gasteiger partial charge in [-0.3, -0.25) is 0 Å². The van der Waals surface area contributed by atoms with E-state index in [0.29, 0.717) is 0 Å². The van der Waals surface area contributed by atoms with E-state index in [0.717, 1.165) is 56.5 Å². The predicted octanol–water partition coefficient (Wildman–Crippen LogP) is 20.9. The molecule has 0 fully saturated rings. The summed E-state index contributed by atoms with van der Waals surface area (Å²) >= 11 is 0. The highest BCUT2D eigenvalue weighted by Gasteiger charge is 2.49. The van der Waals surface area contributed by atoms with Gasteiger partial charge < -0.3 is 18.9 Å². The van der Waals surface area contributed by atoms with Crippen molar-refractivity contribution >= 4 is 158 Å². The van der Waals surface area contributed by atoms with Crippen LogP contribution in [0.2, 0.25) is 0 Å². The minimum Gasteiger partial charge on any atom is -0.311 e. The summed E-state index contributed by atoms with van der Waals surface area (Å²) < 4.78 is 5.19. The van der Waals surface area contributed by atoms with Crippen LogP contribution < -0.4 is 67.7 Å². The van der Waals surface area contributed by atoms with E-state index in [1.165, 1.54) is 129 Å². The molecule has 118 heavy (non-hydrogen) atoms. The first-order valence-electron chi connectivity index (χ1n) is 42.1. The lowest BCUT2D eigenvalue weighted by Crippen LogP contribution is -2.75. The lowest BCUT2D eigenvalue weighted by molar-refractivity contribution is 0.590. The normalized spacial score (nSPS) is 14.1. The van der Waals surface area contributed by atoms with Gasteiger partial charge in [0.25, 0.3) is 6.71 Å². The molecular formula is C111H95BN4Si2. The van der Waals surface area contributed by atoms with Crippen LogP contribution >= 0.6 is 0 Å². The second kappa shape index (κ2) is 27.2. The Hall–Kier alpha value is -12.8. The number of fused-ring (bicyclic) bond motifs is 9. The molecule has 0 unspecified atom stereocenters. The summed E-state index contributed by atoms with van der Waals surface area (Å²) in [7, 11) is -6.55. The Kier molecular flexibility index (Phi) is 16.8. The van der Waals surface area contributed by atoms with Crippen molar-refractivity contribution in [3.8, 4) is 22.5 Å². The van der Waals surface area contributed by atoms with Crippen LogP contribution in [-0.2, 0) is 21.7 Å². The molecule has 0 spiro atoms. The van der Waals surface area contributed by atoms with E-state index in [4.69, 9.17) is 0 Å². The highest BCUT2D eigenvalue weighted by Crippen LogP contribution is 2.49. The maximum atomic E-state index is 2.74. The van der Waals surface area contributed by atoms with Gasteiger partial charge in [-0.15, -0.1) is 0 Å². The Labute approximate surface area is 696 Å². The van der Waals surface area contributed by atoms with Crippen LogP contribution in [0.5, 0.6) is 0 Å². The molecule has 0 aliphatic carbocycles. The summed E-state index contributed by atoms with van der Waals surface area (Å²) in [6.45, 7) is 25.7. The van der Waals surface area contributed by atoms with Crippen LogP contribution in [0, 0.1) is 0 Å². The summed E-state index contributed by atoms with van der Waals surface area (Å²) in [6.07, 6.45) is 0. The molecular weight excluding hydrogens is 1460 g/mol. The monoisotopic (exact) mass is 1550 g/mol. The van der Waals surface area contributed by atoms with Crippen molar-refractivity contribution in [3.05, 3.63) is 404 Å². The molecule has 570 valence electrons. The molecule has 7 heteroatoms. The van der Waals surface area contributed by atoms with Crippen LogP contribution in [0.4, 0.5) is 34.1 Å². The average molecular weight is 1550 g/mol. The van der Waals surface area contributed by atoms with Gasteiger partial charge in [-0.25, -0.2) is 0 Å². The Morgan fingerprint density at radius 1 is 0.271 bits per heavy atom. The van der Waals surface area contributed by atoms with Gasteiger partial charge in [-0.2, -0.15) is 0 Å². The van der Waals surface area contributed by atoms with Crippen LogP contribution in [-0.4, -0.2) is 32.0 Å². The quantitative estimate of drug-likeness (QED) is 0.106. The zero-order valence-electron chi connectivity index (χ0n) is 69.2. The third-order valence-electron chi connectivity index (χ3n) is 26.7. The fourth-order valence-corrected chi connectivity index (χ4v) is 30.1. The van der Waals surface area contributed by atoms with Gasteiger partial charge in [0.05, 0.1) is 27.8 Å². The molecule has 10 bridgehead atoms. The van der Waals surface area contributed by atoms with Crippen molar-refractivity contribution in [2.75, 3.05) is 9.80 Å². The highest BCUT2D eigenvalue weighted by molar-refractivity contribution is 7.20. The summed E-state index contributed by atoms with van der Waals surface area (Å²) in [5, 5.41) is 15.6. The number of hydrogen-bond donors (Lipinski definition) is 0. The molecule has 16 aromatic carbocycles. The Bertz CT molecular complexity index is 6800. The molecule has 0 atom stereocenters. The smallest absolute Gasteiger partial charge is 0.252 e. The van der Waals surface area contributed by atoms with Crippen molar-refractivity contribution in [1.29, 1.82) is 0 Å². The summed E-state index contributed by atoms with van der Waals surface area (Å²) in [6, 6.07) is 148. The minimum atomic E-state index is -3.32. The topological polar surface area (TPSA) is 16.3 Å². The van der Waals surface area contributed by atoms with Crippen molar-refractivity contribution in [1.82, 2.24) is 9.13 Å². The van der Waals surface area contributed by atoms with E-state index in [1.807, 2.05) is 0 Å². The van der Waals surface area contributed by atoms with Crippen molar-refractivity contribution in [3.63, 3.8) is 0 Å². The minimum absolute atomic E-state index is 0.0629. The summed E-state index contributed by atoms with van der Waals surface area (Å²) in [4.78, 5) is 5.40. The molecule has 0 saturated carbocycles. The molecule has 6 heterocycles. The van der Waals surface area contributed by atoms with Crippen molar-refractivity contribution < 1.29 is 0 Å². The standard InChI is InChI=1S/C111H95BN4Si2/c1-108(2,3)76-50-60-99-93(65-76)94-66-77(109(4,5)6)51-61-100(94)114(99)83-56-58-97-103(70-83)113(81-54-48-75(49-55-81)74-32-18-12-19-33-74)105-71-84-72-106-107(105)112(97)98-59-57-92(117(85-36-20-13-21-37-85,86-38-22-14-23-39-86)87-40-24-15-25-41-87)73-104(98)115(106)82-35-31-47-91(69-82)118(88-42-26-16-27-43-88,89-44-28-17-29-45-89)90-46-30-34-79(64-90)111(10,11)80-53-63-102-96(68-80)95-67-78(110(7,8)9)52-62-101(95)116(84)102/h12-73H,1-11H3. The second-order valence-corrected chi connectivity index (χ2v) is 44.5. The van der Waals surface area contributed by atoms with E-state index >= 15 is 0 Å². The van der Waals surface area contributed by atoms with Gasteiger partial charge in [0.1, 0.15) is 0 Å². The third-order valence-corrected chi connectivity index (χ3v) is 36.2. The maximum Gasteiger partial charge on any atom is 0.252 e. The fourth-order valence-electron chi connectivity index (χ4n) is 20.5. The molecule has 2 aromatic heterocycles. The molecule has 0 N–H and O–H groups in total. The van der Waals surface area contributed by atoms with Crippen molar-refractivity contribution in [2.24, 2.45) is 0 Å². The Balaban J connectivity index is 0.943. The van der Waals surface area contributed by atoms with E-state index in [9.17, 15) is 0 Å². The van der Waals surface area contributed by atoms with Crippen LogP contribution in [0.1, 0.15) is 104 Å². The molecule has 4 aliphatic heterocycles. The second-order valence-electron chi connectivity index (χ2n) is 36.9. The zero-order chi connectivity index (χ0) is 80.4. The van der Waals surface area contributed by atoms with Gasteiger partial charge in [0, 0.05) is 66.8 Å². The van der Waals surface area contributed by atoms with Crippen LogP contribution in [0.3, 0.4) is 0 Å². The zero-order valence-corrected chi connectivity index (χ0v) is 71.2. The van der Waals surface area contributed by atoms with Crippen LogP contribution in [0.25, 0.3) is 66.1 Å². The SMILES string of the molecule is CC(C)(C)c1ccc2c(c1)c1cc(C(C)(C)C)ccc1n2-c1ccc2c(c1)N(c1ccc(-c3ccccc3)cc1)c1cc3cc4c1B2c1ccc([Si](c2ccccc2)(c2ccccc2)c2ccccc2)cc1N4c1cccc(c1)[Si](c1ccccc1)(c1ccccc1)c1cccc(c1)C(C)(C)c1ccc2c(c1)c1cc(C(C)(C)C)ccc1n2-3. The first-order chi connectivity index (χ1) is 57.1. The number of anilines is 6. The Morgan fingerprint density at radius 3 is 1.15 bits per heavy atom. The molecule has 22 rings (SSSR count). The number of aromatic nitrogens is 2. The number of nitrogens with zero attached hydrogens (tertiary/aromatic N) is 4. The van der Waals surface area contributed by atoms with Gasteiger partial charge in [0.2, 0.25) is 0 Å². The number of benzene rings is 16. The van der Waals surface area contributed by atoms with E-state index in [2.05, 4.69) is 471 Å². The largest absolute Gasteiger partial charge is 0.311 e. The first-order valence-corrected chi connectivity index (χ1v) is 46.1. The summed E-state index contributed by atoms with van der Waals surface area (Å²) in [5.41, 5.74) is 25.5. The van der Waals surface area contributed by atoms with Crippen LogP contribution in [0.15, 0.2) is 376 Å². The molecule has 4 aliphatic rings. The highest BCUT2D eigenvalue weighted by atomic mass is 28.3. The first kappa shape index (κ1) is 72.9.